The second-order valence-electron chi connectivity index (χ2n) is 6.51. The minimum absolute atomic E-state index is 0.0398. The first-order valence-electron chi connectivity index (χ1n) is 9.40. The van der Waals surface area contributed by atoms with Crippen molar-refractivity contribution in [2.24, 2.45) is 0 Å². The zero-order valence-electron chi connectivity index (χ0n) is 16.1. The van der Waals surface area contributed by atoms with Crippen LogP contribution in [-0.2, 0) is 30.2 Å². The minimum atomic E-state index is -0.356. The van der Waals surface area contributed by atoms with Crippen molar-refractivity contribution in [1.29, 1.82) is 0 Å². The zero-order chi connectivity index (χ0) is 21.2. The summed E-state index contributed by atoms with van der Waals surface area (Å²) in [5.41, 5.74) is 1.04. The molecule has 0 unspecified atom stereocenters. The monoisotopic (exact) mass is 401 g/mol. The first-order valence-corrected chi connectivity index (χ1v) is 9.40. The molecule has 9 nitrogen and oxygen atoms in total. The van der Waals surface area contributed by atoms with Crippen LogP contribution in [0.25, 0.3) is 0 Å². The summed E-state index contributed by atoms with van der Waals surface area (Å²) in [6.07, 6.45) is 0.909. The van der Waals surface area contributed by atoms with Crippen LogP contribution in [0.2, 0.25) is 0 Å². The minimum Gasteiger partial charge on any atom is -0.506 e. The van der Waals surface area contributed by atoms with Crippen LogP contribution in [0.15, 0.2) is 18.2 Å². The van der Waals surface area contributed by atoms with Gasteiger partial charge in [-0.25, -0.2) is 0 Å². The Kier molecular flexibility index (Phi) is 8.66. The third-order valence-corrected chi connectivity index (χ3v) is 4.33. The molecule has 1 saturated heterocycles. The van der Waals surface area contributed by atoms with Gasteiger partial charge >= 0.3 is 0 Å². The van der Waals surface area contributed by atoms with Crippen molar-refractivity contribution < 1.29 is 29.0 Å². The lowest BCUT2D eigenvalue weighted by atomic mass is 9.96. The molecule has 1 aliphatic rings. The molecular formula is C19H24BN3O6. The van der Waals surface area contributed by atoms with E-state index in [0.717, 1.165) is 5.56 Å². The number of carbonyl (C=O) groups excluding carboxylic acids is 4. The molecule has 10 heteroatoms. The Balaban J connectivity index is 1.56. The van der Waals surface area contributed by atoms with Crippen LogP contribution in [0.3, 0.4) is 0 Å². The van der Waals surface area contributed by atoms with Gasteiger partial charge in [-0.1, -0.05) is 17.9 Å². The highest BCUT2D eigenvalue weighted by Crippen LogP contribution is 2.24. The number of likely N-dealkylation sites (tertiary alicyclic amines) is 1. The number of hydrogen-bond donors (Lipinski definition) is 3. The summed E-state index contributed by atoms with van der Waals surface area (Å²) in [5.74, 6) is -1.09. The highest BCUT2D eigenvalue weighted by Gasteiger charge is 2.28. The van der Waals surface area contributed by atoms with E-state index in [1.54, 1.807) is 12.1 Å². The Hall–Kier alpha value is -2.88. The van der Waals surface area contributed by atoms with Crippen molar-refractivity contribution in [1.82, 2.24) is 10.2 Å². The van der Waals surface area contributed by atoms with Gasteiger partial charge in [-0.05, 0) is 12.1 Å². The highest BCUT2D eigenvalue weighted by molar-refractivity contribution is 6.08. The number of nitrogens with zero attached hydrogens (tertiary/aromatic N) is 1. The summed E-state index contributed by atoms with van der Waals surface area (Å²) in [5, 5.41) is 14.9. The van der Waals surface area contributed by atoms with E-state index in [9.17, 15) is 24.3 Å². The summed E-state index contributed by atoms with van der Waals surface area (Å²) >= 11 is 0. The molecule has 0 aromatic heterocycles. The van der Waals surface area contributed by atoms with E-state index < -0.39 is 0 Å². The molecule has 0 atom stereocenters. The topological polar surface area (TPSA) is 125 Å². The van der Waals surface area contributed by atoms with Crippen LogP contribution in [0.4, 0.5) is 5.69 Å². The van der Waals surface area contributed by atoms with Crippen molar-refractivity contribution in [2.45, 2.75) is 32.0 Å². The third-order valence-electron chi connectivity index (χ3n) is 4.33. The second kappa shape index (κ2) is 11.2. The number of aromatic hydroxyl groups is 1. The number of rotatable bonds is 11. The number of phenols is 1. The molecule has 1 heterocycles. The van der Waals surface area contributed by atoms with Crippen molar-refractivity contribution in [3.8, 4) is 5.75 Å². The van der Waals surface area contributed by atoms with Gasteiger partial charge in [-0.3, -0.25) is 24.1 Å². The summed E-state index contributed by atoms with van der Waals surface area (Å²) in [7, 11) is 5.53. The lowest BCUT2D eigenvalue weighted by molar-refractivity contribution is -0.139. The number of phenolic OH excluding ortho intramolecular Hbond substituents is 1. The van der Waals surface area contributed by atoms with E-state index in [-0.39, 0.29) is 93.4 Å². The molecule has 3 N–H and O–H groups in total. The normalized spacial score (nSPS) is 13.6. The van der Waals surface area contributed by atoms with E-state index in [2.05, 4.69) is 10.6 Å². The van der Waals surface area contributed by atoms with Gasteiger partial charge in [0.1, 0.15) is 5.75 Å². The Labute approximate surface area is 170 Å². The van der Waals surface area contributed by atoms with Crippen LogP contribution in [0.1, 0.15) is 31.2 Å². The molecule has 4 amide bonds. The largest absolute Gasteiger partial charge is 0.506 e. The van der Waals surface area contributed by atoms with Gasteiger partial charge < -0.3 is 20.5 Å². The Morgan fingerprint density at radius 1 is 1.10 bits per heavy atom. The number of ether oxygens (including phenoxy) is 1. The standard InChI is InChI=1S/C19H24BN3O6/c20-12-13-1-2-15(24)14(11-13)22-17(26)5-7-21-16(25)6-9-29-10-8-23-18(27)3-4-19(23)28/h1-2,11,24H,3-10,12H2,(H,21,25)(H,22,26). The SMILES string of the molecule is [B]Cc1ccc(O)c(NC(=O)CCNC(=O)CCOCCN2C(=O)CCC2=O)c1. The van der Waals surface area contributed by atoms with Crippen molar-refractivity contribution >= 4 is 37.2 Å². The van der Waals surface area contributed by atoms with Gasteiger partial charge in [0.2, 0.25) is 23.6 Å². The summed E-state index contributed by atoms with van der Waals surface area (Å²) in [4.78, 5) is 47.7. The lowest BCUT2D eigenvalue weighted by Crippen LogP contribution is -2.33. The van der Waals surface area contributed by atoms with Gasteiger partial charge in [0.05, 0.1) is 33.3 Å². The summed E-state index contributed by atoms with van der Waals surface area (Å²) in [6, 6.07) is 4.70. The average Bonchev–Trinajstić information content (AvgIpc) is 3.01. The molecule has 0 saturated carbocycles. The van der Waals surface area contributed by atoms with E-state index >= 15 is 0 Å². The molecule has 2 rings (SSSR count). The highest BCUT2D eigenvalue weighted by atomic mass is 16.5. The maximum absolute atomic E-state index is 11.9. The van der Waals surface area contributed by atoms with E-state index in [0.29, 0.717) is 0 Å². The first-order chi connectivity index (χ1) is 13.9. The lowest BCUT2D eigenvalue weighted by Gasteiger charge is -2.13. The fourth-order valence-corrected chi connectivity index (χ4v) is 2.72. The molecule has 29 heavy (non-hydrogen) atoms. The zero-order valence-corrected chi connectivity index (χ0v) is 16.1. The van der Waals surface area contributed by atoms with Crippen molar-refractivity contribution in [2.75, 3.05) is 31.6 Å². The van der Waals surface area contributed by atoms with Crippen LogP contribution in [0, 0.1) is 0 Å². The van der Waals surface area contributed by atoms with Gasteiger partial charge in [-0.15, -0.1) is 0 Å². The number of anilines is 1. The van der Waals surface area contributed by atoms with E-state index in [4.69, 9.17) is 12.6 Å². The fourth-order valence-electron chi connectivity index (χ4n) is 2.72. The van der Waals surface area contributed by atoms with Gasteiger partial charge in [0, 0.05) is 32.2 Å². The molecule has 1 aliphatic heterocycles. The predicted molar refractivity (Wildman–Crippen MR) is 105 cm³/mol. The smallest absolute Gasteiger partial charge is 0.229 e. The Morgan fingerprint density at radius 3 is 2.52 bits per heavy atom. The van der Waals surface area contributed by atoms with Crippen LogP contribution < -0.4 is 10.6 Å². The molecule has 0 aliphatic carbocycles. The molecule has 1 fully saturated rings. The number of amides is 4. The van der Waals surface area contributed by atoms with E-state index in [1.165, 1.54) is 11.0 Å². The molecular weight excluding hydrogens is 377 g/mol. The number of hydrogen-bond acceptors (Lipinski definition) is 6. The number of imide groups is 1. The fraction of sp³-hybridized carbons (Fsp3) is 0.474. The van der Waals surface area contributed by atoms with Crippen LogP contribution in [-0.4, -0.2) is 67.8 Å². The molecule has 0 bridgehead atoms. The Bertz CT molecular complexity index is 754. The maximum atomic E-state index is 11.9. The second-order valence-corrected chi connectivity index (χ2v) is 6.51. The third kappa shape index (κ3) is 7.22. The van der Waals surface area contributed by atoms with Gasteiger partial charge in [0.25, 0.3) is 0 Å². The number of nitrogens with one attached hydrogen (secondary N) is 2. The molecule has 1 aromatic carbocycles. The van der Waals surface area contributed by atoms with E-state index in [1.807, 2.05) is 0 Å². The predicted octanol–water partition coefficient (Wildman–Crippen LogP) is 0.0612. The van der Waals surface area contributed by atoms with Gasteiger partial charge in [0.15, 0.2) is 0 Å². The maximum Gasteiger partial charge on any atom is 0.229 e. The number of carbonyl (C=O) groups is 4. The molecule has 2 radical (unpaired) electrons. The average molecular weight is 401 g/mol. The molecule has 154 valence electrons. The Morgan fingerprint density at radius 2 is 1.83 bits per heavy atom. The summed E-state index contributed by atoms with van der Waals surface area (Å²) < 4.78 is 5.28. The number of benzene rings is 1. The first kappa shape index (κ1) is 22.4. The van der Waals surface area contributed by atoms with Crippen molar-refractivity contribution in [3.63, 3.8) is 0 Å². The van der Waals surface area contributed by atoms with Crippen LogP contribution in [0.5, 0.6) is 5.75 Å². The summed E-state index contributed by atoms with van der Waals surface area (Å²) in [6.45, 7) is 0.656. The molecule has 1 aromatic rings. The van der Waals surface area contributed by atoms with Crippen molar-refractivity contribution in [3.05, 3.63) is 23.8 Å². The quantitative estimate of drug-likeness (QED) is 0.209. The van der Waals surface area contributed by atoms with Gasteiger partial charge in [-0.2, -0.15) is 0 Å². The molecule has 0 spiro atoms. The van der Waals surface area contributed by atoms with Crippen LogP contribution >= 0.6 is 0 Å².